The number of carboxylic acid groups (broad SMARTS) is 2. The number of rotatable bonds is 6. The van der Waals surface area contributed by atoms with Gasteiger partial charge in [-0.2, -0.15) is 0 Å². The topological polar surface area (TPSA) is 125 Å². The summed E-state index contributed by atoms with van der Waals surface area (Å²) in [6.45, 7) is 4.45. The first-order valence-corrected chi connectivity index (χ1v) is 9.24. The van der Waals surface area contributed by atoms with Gasteiger partial charge < -0.3 is 14.9 Å². The molecule has 8 nitrogen and oxygen atoms in total. The minimum Gasteiger partial charge on any atom is -0.494 e. The molecule has 0 atom stereocenters. The van der Waals surface area contributed by atoms with Crippen molar-refractivity contribution in [1.29, 1.82) is 0 Å². The Kier molecular flexibility index (Phi) is 8.17. The van der Waals surface area contributed by atoms with Gasteiger partial charge in [0.05, 0.1) is 19.7 Å². The van der Waals surface area contributed by atoms with Crippen LogP contribution in [0.15, 0.2) is 53.5 Å². The maximum Gasteiger partial charge on any atom is 0.414 e. The van der Waals surface area contributed by atoms with Crippen molar-refractivity contribution in [2.45, 2.75) is 19.8 Å². The Labute approximate surface area is 169 Å². The van der Waals surface area contributed by atoms with Gasteiger partial charge in [0.1, 0.15) is 11.6 Å². The molecule has 8 heteroatoms. The number of hydrogen-bond donors (Lipinski definition) is 3. The average Bonchev–Trinajstić information content (AvgIpc) is 3.14. The standard InChI is InChI=1S/C19H23N3O.C2H2O4/c1-2-13-23-18-9-5-16(6-10-18)14-15-3-7-17(8-4-15)19-21-11-12-22(19)20;3-1(4)2(5)6/h3-10H,2,11-14,20H2,1H3;(H,3,4)(H,5,6). The first-order chi connectivity index (χ1) is 13.9. The monoisotopic (exact) mass is 399 g/mol. The molecule has 0 amide bonds. The van der Waals surface area contributed by atoms with Crippen LogP contribution in [0, 0.1) is 0 Å². The zero-order valence-corrected chi connectivity index (χ0v) is 16.2. The molecule has 0 bridgehead atoms. The third kappa shape index (κ3) is 6.93. The molecule has 0 radical (unpaired) electrons. The number of hydrogen-bond acceptors (Lipinski definition) is 6. The number of nitrogens with two attached hydrogens (primary N) is 1. The molecule has 29 heavy (non-hydrogen) atoms. The predicted octanol–water partition coefficient (Wildman–Crippen LogP) is 2.16. The molecule has 0 spiro atoms. The zero-order valence-electron chi connectivity index (χ0n) is 16.2. The first-order valence-electron chi connectivity index (χ1n) is 9.24. The number of carbonyl (C=O) groups is 2. The highest BCUT2D eigenvalue weighted by Crippen LogP contribution is 2.17. The van der Waals surface area contributed by atoms with Crippen LogP contribution in [-0.4, -0.2) is 52.7 Å². The molecule has 4 N–H and O–H groups in total. The van der Waals surface area contributed by atoms with E-state index in [-0.39, 0.29) is 0 Å². The summed E-state index contributed by atoms with van der Waals surface area (Å²) < 4.78 is 5.61. The van der Waals surface area contributed by atoms with Gasteiger partial charge in [0.25, 0.3) is 0 Å². The Morgan fingerprint density at radius 2 is 1.59 bits per heavy atom. The van der Waals surface area contributed by atoms with E-state index < -0.39 is 11.9 Å². The smallest absolute Gasteiger partial charge is 0.414 e. The second-order valence-electron chi connectivity index (χ2n) is 6.38. The summed E-state index contributed by atoms with van der Waals surface area (Å²) in [5.41, 5.74) is 3.63. The first kappa shape index (κ1) is 21.9. The minimum absolute atomic E-state index is 0.767. The van der Waals surface area contributed by atoms with E-state index >= 15 is 0 Å². The Morgan fingerprint density at radius 1 is 1.03 bits per heavy atom. The lowest BCUT2D eigenvalue weighted by atomic mass is 10.0. The second kappa shape index (κ2) is 10.8. The average molecular weight is 399 g/mol. The van der Waals surface area contributed by atoms with E-state index in [4.69, 9.17) is 30.4 Å². The largest absolute Gasteiger partial charge is 0.494 e. The molecule has 1 aliphatic rings. The Hall–Kier alpha value is -3.39. The van der Waals surface area contributed by atoms with Crippen LogP contribution < -0.4 is 10.6 Å². The molecule has 0 fully saturated rings. The Morgan fingerprint density at radius 3 is 2.03 bits per heavy atom. The molecule has 3 rings (SSSR count). The van der Waals surface area contributed by atoms with E-state index in [1.54, 1.807) is 5.01 Å². The highest BCUT2D eigenvalue weighted by Gasteiger charge is 2.14. The molecule has 0 saturated heterocycles. The Bertz CT molecular complexity index is 836. The van der Waals surface area contributed by atoms with E-state index in [2.05, 4.69) is 48.3 Å². The van der Waals surface area contributed by atoms with Crippen molar-refractivity contribution < 1.29 is 24.5 Å². The van der Waals surface area contributed by atoms with Crippen molar-refractivity contribution in [3.8, 4) is 5.75 Å². The summed E-state index contributed by atoms with van der Waals surface area (Å²) in [4.78, 5) is 22.6. The summed E-state index contributed by atoms with van der Waals surface area (Å²) in [6, 6.07) is 16.8. The lowest BCUT2D eigenvalue weighted by Crippen LogP contribution is -2.34. The molecule has 154 valence electrons. The molecule has 1 heterocycles. The lowest BCUT2D eigenvalue weighted by Gasteiger charge is -2.13. The molecule has 2 aromatic carbocycles. The van der Waals surface area contributed by atoms with Crippen molar-refractivity contribution in [1.82, 2.24) is 5.01 Å². The number of aliphatic carboxylic acids is 2. The van der Waals surface area contributed by atoms with E-state index in [0.717, 1.165) is 49.7 Å². The molecule has 0 unspecified atom stereocenters. The highest BCUT2D eigenvalue weighted by atomic mass is 16.5. The molecular formula is C21H25N3O5. The van der Waals surface area contributed by atoms with Crippen LogP contribution in [0.5, 0.6) is 5.75 Å². The van der Waals surface area contributed by atoms with Gasteiger partial charge in [-0.05, 0) is 36.1 Å². The van der Waals surface area contributed by atoms with Crippen molar-refractivity contribution in [3.05, 3.63) is 65.2 Å². The van der Waals surface area contributed by atoms with Crippen molar-refractivity contribution in [2.75, 3.05) is 19.7 Å². The predicted molar refractivity (Wildman–Crippen MR) is 109 cm³/mol. The van der Waals surface area contributed by atoms with Crippen LogP contribution in [0.2, 0.25) is 0 Å². The fraction of sp³-hybridized carbons (Fsp3) is 0.286. The fourth-order valence-corrected chi connectivity index (χ4v) is 2.65. The number of aliphatic imine (C=N–C) groups is 1. The molecule has 2 aromatic rings. The highest BCUT2D eigenvalue weighted by molar-refractivity contribution is 6.27. The second-order valence-corrected chi connectivity index (χ2v) is 6.38. The molecule has 0 aromatic heterocycles. The maximum absolute atomic E-state index is 9.10. The lowest BCUT2D eigenvalue weighted by molar-refractivity contribution is -0.159. The molecule has 0 saturated carbocycles. The maximum atomic E-state index is 9.10. The number of benzene rings is 2. The van der Waals surface area contributed by atoms with Crippen LogP contribution in [-0.2, 0) is 16.0 Å². The summed E-state index contributed by atoms with van der Waals surface area (Å²) in [7, 11) is 0. The van der Waals surface area contributed by atoms with Gasteiger partial charge in [0, 0.05) is 5.56 Å². The van der Waals surface area contributed by atoms with Gasteiger partial charge in [-0.3, -0.25) is 10.0 Å². The molecule has 0 aliphatic carbocycles. The fourth-order valence-electron chi connectivity index (χ4n) is 2.65. The van der Waals surface area contributed by atoms with Crippen LogP contribution in [0.3, 0.4) is 0 Å². The van der Waals surface area contributed by atoms with E-state index in [1.807, 2.05) is 12.1 Å². The molecule has 1 aliphatic heterocycles. The number of ether oxygens (including phenoxy) is 1. The zero-order chi connectivity index (χ0) is 21.2. The van der Waals surface area contributed by atoms with E-state index in [0.29, 0.717) is 0 Å². The number of carboxylic acids is 2. The number of nitrogens with zero attached hydrogens (tertiary/aromatic N) is 2. The summed E-state index contributed by atoms with van der Waals surface area (Å²) in [6.07, 6.45) is 1.94. The number of hydrazine groups is 1. The minimum atomic E-state index is -1.82. The van der Waals surface area contributed by atoms with Gasteiger partial charge in [0.2, 0.25) is 0 Å². The van der Waals surface area contributed by atoms with Crippen molar-refractivity contribution in [3.63, 3.8) is 0 Å². The number of amidine groups is 1. The normalized spacial score (nSPS) is 12.6. The Balaban J connectivity index is 0.000000438. The summed E-state index contributed by atoms with van der Waals surface area (Å²) in [5, 5.41) is 16.5. The van der Waals surface area contributed by atoms with Gasteiger partial charge >= 0.3 is 11.9 Å². The van der Waals surface area contributed by atoms with Gasteiger partial charge in [-0.15, -0.1) is 0 Å². The van der Waals surface area contributed by atoms with Crippen LogP contribution in [0.1, 0.15) is 30.0 Å². The van der Waals surface area contributed by atoms with Gasteiger partial charge in [0.15, 0.2) is 0 Å². The third-order valence-corrected chi connectivity index (χ3v) is 4.07. The van der Waals surface area contributed by atoms with Crippen molar-refractivity contribution >= 4 is 17.8 Å². The summed E-state index contributed by atoms with van der Waals surface area (Å²) >= 11 is 0. The van der Waals surface area contributed by atoms with E-state index in [1.165, 1.54) is 11.1 Å². The third-order valence-electron chi connectivity index (χ3n) is 4.07. The van der Waals surface area contributed by atoms with Crippen molar-refractivity contribution in [2.24, 2.45) is 10.8 Å². The molecular weight excluding hydrogens is 374 g/mol. The van der Waals surface area contributed by atoms with Crippen LogP contribution in [0.25, 0.3) is 0 Å². The van der Waals surface area contributed by atoms with Gasteiger partial charge in [-0.1, -0.05) is 43.3 Å². The summed E-state index contributed by atoms with van der Waals surface area (Å²) in [5.74, 6) is 4.09. The van der Waals surface area contributed by atoms with Crippen LogP contribution in [0.4, 0.5) is 0 Å². The van der Waals surface area contributed by atoms with E-state index in [9.17, 15) is 0 Å². The SMILES string of the molecule is CCCOc1ccc(Cc2ccc(C3=NCCN3N)cc2)cc1.O=C(O)C(=O)O. The van der Waals surface area contributed by atoms with Gasteiger partial charge in [-0.25, -0.2) is 15.4 Å². The van der Waals surface area contributed by atoms with Crippen LogP contribution >= 0.6 is 0 Å². The quantitative estimate of drug-likeness (QED) is 0.502.